The summed E-state index contributed by atoms with van der Waals surface area (Å²) in [6, 6.07) is 0. The topological polar surface area (TPSA) is 111 Å². The average Bonchev–Trinajstić information content (AvgIpc) is 3.75. The van der Waals surface area contributed by atoms with E-state index in [0.29, 0.717) is 17.4 Å². The van der Waals surface area contributed by atoms with E-state index < -0.39 is 24.3 Å². The highest BCUT2D eigenvalue weighted by Gasteiger charge is 2.22. The van der Waals surface area contributed by atoms with Crippen molar-refractivity contribution in [2.24, 2.45) is 0 Å². The Hall–Kier alpha value is -2.23. The molecule has 556 valence electrons. The van der Waals surface area contributed by atoms with Gasteiger partial charge >= 0.3 is 11.9 Å². The van der Waals surface area contributed by atoms with E-state index in [-0.39, 0.29) is 32.2 Å². The third-order valence-corrected chi connectivity index (χ3v) is 19.5. The molecule has 94 heavy (non-hydrogen) atoms. The first-order valence-corrected chi connectivity index (χ1v) is 42.0. The Balaban J connectivity index is 3.93. The van der Waals surface area contributed by atoms with Crippen LogP contribution in [0.1, 0.15) is 444 Å². The van der Waals surface area contributed by atoms with Gasteiger partial charge in [-0.25, -0.2) is 0 Å². The van der Waals surface area contributed by atoms with Crippen LogP contribution >= 0.6 is 0 Å². The maximum Gasteiger partial charge on any atom is 0.306 e. The van der Waals surface area contributed by atoms with E-state index in [0.717, 1.165) is 44.9 Å². The lowest BCUT2D eigenvalue weighted by Gasteiger charge is -2.26. The molecule has 0 aromatic rings. The number of nitrogens with zero attached hydrogens (tertiary/aromatic N) is 1. The summed E-state index contributed by atoms with van der Waals surface area (Å²) in [7, 11) is 5.96. The molecule has 0 saturated carbocycles. The van der Waals surface area contributed by atoms with Crippen molar-refractivity contribution in [2.45, 2.75) is 456 Å². The maximum absolute atomic E-state index is 13.0. The Labute approximate surface area is 586 Å². The summed E-state index contributed by atoms with van der Waals surface area (Å²) < 4.78 is 22.9. The first-order chi connectivity index (χ1) is 46.1. The summed E-state index contributed by atoms with van der Waals surface area (Å²) in [5, 5.41) is 11.9. The van der Waals surface area contributed by atoms with E-state index in [9.17, 15) is 19.5 Å². The molecular weight excluding hydrogens is 1160 g/mol. The normalized spacial score (nSPS) is 12.6. The minimum Gasteiger partial charge on any atom is -0.545 e. The molecular formula is C85H163NO8. The van der Waals surface area contributed by atoms with Gasteiger partial charge in [0.2, 0.25) is 0 Å². The second-order valence-electron chi connectivity index (χ2n) is 30.1. The molecule has 0 aromatic heterocycles. The lowest BCUT2D eigenvalue weighted by molar-refractivity contribution is -0.870. The number of ether oxygens (including phenoxy) is 4. The Morgan fingerprint density at radius 2 is 0.574 bits per heavy atom. The van der Waals surface area contributed by atoms with Gasteiger partial charge in [0.15, 0.2) is 12.4 Å². The molecule has 9 heteroatoms. The van der Waals surface area contributed by atoms with Gasteiger partial charge in [-0.1, -0.05) is 411 Å². The molecule has 0 N–H and O–H groups in total. The summed E-state index contributed by atoms with van der Waals surface area (Å²) in [6.45, 7) is 4.83. The summed E-state index contributed by atoms with van der Waals surface area (Å²) >= 11 is 0. The number of hydrogen-bond donors (Lipinski definition) is 0. The SMILES string of the molecule is CCCCCCC/C=C\C/C=C\CCCCCCCCCCCCCCCCCCCCCCCCCCCC(=O)OC(COC(=O)CCCCCCCCCCCCCCCCCCCCCCCCCCCCCCCCCC)COC(OCC[N+](C)(C)C)C(=O)[O-]. The molecule has 0 rings (SSSR count). The van der Waals surface area contributed by atoms with Gasteiger partial charge in [0.1, 0.15) is 13.2 Å². The molecule has 0 radical (unpaired) electrons. The fraction of sp³-hybridized carbons (Fsp3) is 0.918. The van der Waals surface area contributed by atoms with Crippen molar-refractivity contribution < 1.29 is 42.9 Å². The van der Waals surface area contributed by atoms with Crippen molar-refractivity contribution in [2.75, 3.05) is 47.5 Å². The van der Waals surface area contributed by atoms with Gasteiger partial charge in [-0.05, 0) is 44.9 Å². The fourth-order valence-corrected chi connectivity index (χ4v) is 13.0. The third kappa shape index (κ3) is 77.1. The average molecular weight is 1330 g/mol. The highest BCUT2D eigenvalue weighted by molar-refractivity contribution is 5.70. The highest BCUT2D eigenvalue weighted by atomic mass is 16.7. The molecule has 9 nitrogen and oxygen atoms in total. The lowest BCUT2D eigenvalue weighted by Crippen LogP contribution is -2.44. The van der Waals surface area contributed by atoms with Gasteiger partial charge in [-0.15, -0.1) is 0 Å². The molecule has 0 heterocycles. The Morgan fingerprint density at radius 3 is 0.840 bits per heavy atom. The zero-order valence-electron chi connectivity index (χ0n) is 63.9. The second kappa shape index (κ2) is 76.5. The number of rotatable bonds is 80. The van der Waals surface area contributed by atoms with Crippen LogP contribution in [0, 0.1) is 0 Å². The largest absolute Gasteiger partial charge is 0.545 e. The number of carboxylic acids is 1. The zero-order chi connectivity index (χ0) is 68.2. The van der Waals surface area contributed by atoms with Crippen molar-refractivity contribution in [3.8, 4) is 0 Å². The Kier molecular flexibility index (Phi) is 74.7. The summed E-state index contributed by atoms with van der Waals surface area (Å²) in [6.07, 6.45) is 94.7. The van der Waals surface area contributed by atoms with Crippen LogP contribution < -0.4 is 5.11 Å². The molecule has 0 saturated heterocycles. The molecule has 0 aliphatic heterocycles. The molecule has 0 amide bonds. The van der Waals surface area contributed by atoms with E-state index >= 15 is 0 Å². The van der Waals surface area contributed by atoms with E-state index in [1.165, 1.54) is 372 Å². The van der Waals surface area contributed by atoms with Crippen LogP contribution in [0.2, 0.25) is 0 Å². The van der Waals surface area contributed by atoms with E-state index in [1.54, 1.807) is 0 Å². The zero-order valence-corrected chi connectivity index (χ0v) is 63.9. The number of allylic oxidation sites excluding steroid dienone is 4. The summed E-state index contributed by atoms with van der Waals surface area (Å²) in [5.74, 6) is -2.24. The minimum absolute atomic E-state index is 0.152. The molecule has 2 atom stereocenters. The number of hydrogen-bond acceptors (Lipinski definition) is 8. The quantitative estimate of drug-likeness (QED) is 0.0195. The van der Waals surface area contributed by atoms with Gasteiger partial charge in [0, 0.05) is 12.8 Å². The van der Waals surface area contributed by atoms with Gasteiger partial charge in [-0.2, -0.15) is 0 Å². The van der Waals surface area contributed by atoms with E-state index in [1.807, 2.05) is 21.1 Å². The monoisotopic (exact) mass is 1330 g/mol. The van der Waals surface area contributed by atoms with Gasteiger partial charge in [0.25, 0.3) is 0 Å². The number of esters is 2. The number of carbonyl (C=O) groups is 3. The van der Waals surface area contributed by atoms with Crippen LogP contribution in [0.25, 0.3) is 0 Å². The first kappa shape index (κ1) is 91.8. The smallest absolute Gasteiger partial charge is 0.306 e. The number of aliphatic carboxylic acids is 1. The molecule has 0 spiro atoms. The van der Waals surface area contributed by atoms with Crippen molar-refractivity contribution in [1.29, 1.82) is 0 Å². The Bertz CT molecular complexity index is 1590. The van der Waals surface area contributed by atoms with Gasteiger partial charge in [0.05, 0.1) is 40.3 Å². The molecule has 0 fully saturated rings. The van der Waals surface area contributed by atoms with E-state index in [4.69, 9.17) is 18.9 Å². The molecule has 2 unspecified atom stereocenters. The van der Waals surface area contributed by atoms with Gasteiger partial charge < -0.3 is 33.3 Å². The molecule has 0 aromatic carbocycles. The van der Waals surface area contributed by atoms with Crippen molar-refractivity contribution in [3.05, 3.63) is 24.3 Å². The number of carboxylic acid groups (broad SMARTS) is 1. The second-order valence-corrected chi connectivity index (χ2v) is 30.1. The van der Waals surface area contributed by atoms with E-state index in [2.05, 4.69) is 38.2 Å². The first-order valence-electron chi connectivity index (χ1n) is 42.0. The molecule has 0 aliphatic carbocycles. The predicted molar refractivity (Wildman–Crippen MR) is 403 cm³/mol. The predicted octanol–water partition coefficient (Wildman–Crippen LogP) is 25.5. The minimum atomic E-state index is -1.62. The summed E-state index contributed by atoms with van der Waals surface area (Å²) in [4.78, 5) is 37.6. The maximum atomic E-state index is 13.0. The van der Waals surface area contributed by atoms with Gasteiger partial charge in [-0.3, -0.25) is 9.59 Å². The van der Waals surface area contributed by atoms with Crippen LogP contribution in [-0.2, 0) is 33.3 Å². The summed E-state index contributed by atoms with van der Waals surface area (Å²) in [5.41, 5.74) is 0. The van der Waals surface area contributed by atoms with Crippen molar-refractivity contribution >= 4 is 17.9 Å². The van der Waals surface area contributed by atoms with Crippen molar-refractivity contribution in [3.63, 3.8) is 0 Å². The standard InChI is InChI=1S/C85H163NO8/c1-6-8-10-12-14-16-18-20-22-24-26-28-30-32-34-36-38-40-41-42-43-44-46-48-50-52-54-56-58-60-62-64-66-68-70-72-74-76-83(88)94-81(80-93-85(84(89)90)91-78-77-86(3,4)5)79-92-82(87)75-73-71-69-67-65-63-61-59-57-55-53-51-49-47-45-39-37-35-33-31-29-27-25-23-21-19-17-15-13-11-9-7-2/h18,20,24,26,81,85H,6-17,19,21-23,25,27-80H2,1-5H3/b20-18-,26-24-. The van der Waals surface area contributed by atoms with Crippen LogP contribution in [0.4, 0.5) is 0 Å². The van der Waals surface area contributed by atoms with Crippen LogP contribution in [0.3, 0.4) is 0 Å². The van der Waals surface area contributed by atoms with Crippen LogP contribution in [0.15, 0.2) is 24.3 Å². The Morgan fingerprint density at radius 1 is 0.319 bits per heavy atom. The van der Waals surface area contributed by atoms with Crippen molar-refractivity contribution in [1.82, 2.24) is 0 Å². The highest BCUT2D eigenvalue weighted by Crippen LogP contribution is 2.21. The number of unbranched alkanes of at least 4 members (excludes halogenated alkanes) is 61. The van der Waals surface area contributed by atoms with Crippen LogP contribution in [0.5, 0.6) is 0 Å². The van der Waals surface area contributed by atoms with Crippen LogP contribution in [-0.4, -0.2) is 82.3 Å². The third-order valence-electron chi connectivity index (χ3n) is 19.5. The molecule has 0 bridgehead atoms. The number of carbonyl (C=O) groups excluding carboxylic acids is 3. The number of likely N-dealkylation sites (N-methyl/N-ethyl adjacent to an activating group) is 1. The molecule has 0 aliphatic rings. The number of quaternary nitrogens is 1. The lowest BCUT2D eigenvalue weighted by atomic mass is 10.0. The fourth-order valence-electron chi connectivity index (χ4n) is 13.0.